The first-order valence-corrected chi connectivity index (χ1v) is 6.13. The van der Waals surface area contributed by atoms with Crippen molar-refractivity contribution in [3.63, 3.8) is 0 Å². The topological polar surface area (TPSA) is 63.8 Å². The monoisotopic (exact) mass is 242 g/mol. The summed E-state index contributed by atoms with van der Waals surface area (Å²) in [5.41, 5.74) is 6.23. The van der Waals surface area contributed by atoms with E-state index >= 15 is 0 Å². The highest BCUT2D eigenvalue weighted by Crippen LogP contribution is 2.15. The summed E-state index contributed by atoms with van der Waals surface area (Å²) in [6.07, 6.45) is 6.94. The number of nitrogens with two attached hydrogens (primary N) is 1. The van der Waals surface area contributed by atoms with E-state index in [1.165, 1.54) is 11.1 Å². The van der Waals surface area contributed by atoms with E-state index in [0.29, 0.717) is 0 Å². The van der Waals surface area contributed by atoms with Crippen molar-refractivity contribution in [2.45, 2.75) is 25.8 Å². The Morgan fingerprint density at radius 3 is 2.44 bits per heavy atom. The van der Waals surface area contributed by atoms with Gasteiger partial charge in [-0.15, -0.1) is 0 Å². The quantitative estimate of drug-likeness (QED) is 0.619. The predicted molar refractivity (Wildman–Crippen MR) is 71.6 cm³/mol. The van der Waals surface area contributed by atoms with Gasteiger partial charge in [0.25, 0.3) is 0 Å². The van der Waals surface area contributed by atoms with Gasteiger partial charge in [-0.1, -0.05) is 31.2 Å². The number of nitrogens with zero attached hydrogens (tertiary/aromatic N) is 2. The summed E-state index contributed by atoms with van der Waals surface area (Å²) in [5.74, 6) is 5.59. The standard InChI is InChI=1S/C14H18N4/c1-2-11-3-5-12(6-4-11)9-13(18-15)14-10-16-7-8-17-14/h3-8,10,13,18H,2,9,15H2,1H3. The van der Waals surface area contributed by atoms with Crippen LogP contribution in [0.15, 0.2) is 42.9 Å². The zero-order valence-electron chi connectivity index (χ0n) is 10.5. The maximum Gasteiger partial charge on any atom is 0.0772 e. The fraction of sp³-hybridized carbons (Fsp3) is 0.286. The number of benzene rings is 1. The number of rotatable bonds is 5. The van der Waals surface area contributed by atoms with E-state index < -0.39 is 0 Å². The van der Waals surface area contributed by atoms with Crippen LogP contribution in [0, 0.1) is 0 Å². The van der Waals surface area contributed by atoms with E-state index in [4.69, 9.17) is 5.84 Å². The number of aromatic nitrogens is 2. The van der Waals surface area contributed by atoms with E-state index in [1.807, 2.05) is 0 Å². The largest absolute Gasteiger partial charge is 0.271 e. The smallest absolute Gasteiger partial charge is 0.0772 e. The Hall–Kier alpha value is -1.78. The average Bonchev–Trinajstić information content (AvgIpc) is 2.46. The molecule has 2 aromatic rings. The fourth-order valence-corrected chi connectivity index (χ4v) is 1.89. The molecule has 0 fully saturated rings. The molecule has 1 atom stereocenters. The lowest BCUT2D eigenvalue weighted by Gasteiger charge is -2.15. The van der Waals surface area contributed by atoms with Crippen LogP contribution in [0.3, 0.4) is 0 Å². The molecule has 1 aromatic carbocycles. The Morgan fingerprint density at radius 1 is 1.17 bits per heavy atom. The summed E-state index contributed by atoms with van der Waals surface area (Å²) in [6.45, 7) is 2.15. The summed E-state index contributed by atoms with van der Waals surface area (Å²) in [7, 11) is 0. The highest BCUT2D eigenvalue weighted by atomic mass is 15.2. The second kappa shape index (κ2) is 6.23. The molecule has 1 unspecified atom stereocenters. The van der Waals surface area contributed by atoms with Gasteiger partial charge in [0.05, 0.1) is 17.9 Å². The zero-order chi connectivity index (χ0) is 12.8. The summed E-state index contributed by atoms with van der Waals surface area (Å²) in [6, 6.07) is 8.57. The van der Waals surface area contributed by atoms with Gasteiger partial charge in [0, 0.05) is 12.4 Å². The minimum Gasteiger partial charge on any atom is -0.271 e. The first-order valence-electron chi connectivity index (χ1n) is 6.13. The molecule has 4 nitrogen and oxygen atoms in total. The van der Waals surface area contributed by atoms with Crippen molar-refractivity contribution >= 4 is 0 Å². The number of nitrogens with one attached hydrogen (secondary N) is 1. The van der Waals surface area contributed by atoms with Crippen molar-refractivity contribution in [1.82, 2.24) is 15.4 Å². The van der Waals surface area contributed by atoms with Crippen LogP contribution >= 0.6 is 0 Å². The van der Waals surface area contributed by atoms with Gasteiger partial charge >= 0.3 is 0 Å². The summed E-state index contributed by atoms with van der Waals surface area (Å²) in [4.78, 5) is 8.34. The van der Waals surface area contributed by atoms with Crippen LogP contribution in [0.4, 0.5) is 0 Å². The van der Waals surface area contributed by atoms with Crippen LogP contribution in [0.25, 0.3) is 0 Å². The SMILES string of the molecule is CCc1ccc(CC(NN)c2cnccn2)cc1. The van der Waals surface area contributed by atoms with Crippen LogP contribution in [-0.4, -0.2) is 9.97 Å². The second-order valence-electron chi connectivity index (χ2n) is 4.22. The Kier molecular flexibility index (Phi) is 4.39. The van der Waals surface area contributed by atoms with Crippen LogP contribution in [0.5, 0.6) is 0 Å². The van der Waals surface area contributed by atoms with E-state index in [9.17, 15) is 0 Å². The molecular weight excluding hydrogens is 224 g/mol. The summed E-state index contributed by atoms with van der Waals surface area (Å²) in [5, 5.41) is 0. The molecule has 0 aliphatic rings. The molecule has 0 aliphatic carbocycles. The van der Waals surface area contributed by atoms with E-state index in [1.54, 1.807) is 18.6 Å². The average molecular weight is 242 g/mol. The number of aryl methyl sites for hydroxylation is 1. The molecule has 0 radical (unpaired) electrons. The molecule has 2 rings (SSSR count). The van der Waals surface area contributed by atoms with Crippen LogP contribution in [-0.2, 0) is 12.8 Å². The molecule has 0 saturated carbocycles. The predicted octanol–water partition coefficient (Wildman–Crippen LogP) is 1.79. The maximum atomic E-state index is 5.59. The van der Waals surface area contributed by atoms with Crippen molar-refractivity contribution in [3.05, 3.63) is 59.7 Å². The Balaban J connectivity index is 2.10. The molecular formula is C14H18N4. The molecule has 1 aromatic heterocycles. The first-order chi connectivity index (χ1) is 8.83. The van der Waals surface area contributed by atoms with Crippen molar-refractivity contribution < 1.29 is 0 Å². The number of hydrazine groups is 1. The first kappa shape index (κ1) is 12.7. The molecule has 0 aliphatic heterocycles. The van der Waals surface area contributed by atoms with Gasteiger partial charge in [0.1, 0.15) is 0 Å². The van der Waals surface area contributed by atoms with E-state index in [-0.39, 0.29) is 6.04 Å². The van der Waals surface area contributed by atoms with Gasteiger partial charge in [-0.3, -0.25) is 21.2 Å². The van der Waals surface area contributed by atoms with Crippen molar-refractivity contribution in [3.8, 4) is 0 Å². The van der Waals surface area contributed by atoms with Gasteiger partial charge in [-0.05, 0) is 24.0 Å². The van der Waals surface area contributed by atoms with Crippen molar-refractivity contribution in [1.29, 1.82) is 0 Å². The fourth-order valence-electron chi connectivity index (χ4n) is 1.89. The Bertz CT molecular complexity index is 467. The van der Waals surface area contributed by atoms with Gasteiger partial charge in [0.15, 0.2) is 0 Å². The van der Waals surface area contributed by atoms with Gasteiger partial charge < -0.3 is 0 Å². The lowest BCUT2D eigenvalue weighted by molar-refractivity contribution is 0.536. The minimum absolute atomic E-state index is 0.00817. The molecule has 4 heteroatoms. The van der Waals surface area contributed by atoms with Crippen LogP contribution in [0.1, 0.15) is 29.8 Å². The van der Waals surface area contributed by atoms with Crippen molar-refractivity contribution in [2.75, 3.05) is 0 Å². The third-order valence-corrected chi connectivity index (χ3v) is 3.01. The summed E-state index contributed by atoms with van der Waals surface area (Å²) < 4.78 is 0. The lowest BCUT2D eigenvalue weighted by Crippen LogP contribution is -2.30. The molecule has 0 spiro atoms. The highest BCUT2D eigenvalue weighted by Gasteiger charge is 2.11. The zero-order valence-corrected chi connectivity index (χ0v) is 10.5. The normalized spacial score (nSPS) is 12.3. The molecule has 1 heterocycles. The minimum atomic E-state index is -0.00817. The van der Waals surface area contributed by atoms with Crippen LogP contribution < -0.4 is 11.3 Å². The van der Waals surface area contributed by atoms with Crippen molar-refractivity contribution in [2.24, 2.45) is 5.84 Å². The third kappa shape index (κ3) is 3.12. The molecule has 0 bridgehead atoms. The van der Waals surface area contributed by atoms with Gasteiger partial charge in [0.2, 0.25) is 0 Å². The van der Waals surface area contributed by atoms with Gasteiger partial charge in [-0.25, -0.2) is 0 Å². The van der Waals surface area contributed by atoms with E-state index in [0.717, 1.165) is 18.5 Å². The maximum absolute atomic E-state index is 5.59. The lowest BCUT2D eigenvalue weighted by atomic mass is 10.0. The Morgan fingerprint density at radius 2 is 1.89 bits per heavy atom. The van der Waals surface area contributed by atoms with Gasteiger partial charge in [-0.2, -0.15) is 0 Å². The number of hydrogen-bond donors (Lipinski definition) is 2. The molecule has 3 N–H and O–H groups in total. The molecule has 94 valence electrons. The highest BCUT2D eigenvalue weighted by molar-refractivity contribution is 5.24. The second-order valence-corrected chi connectivity index (χ2v) is 4.22. The van der Waals surface area contributed by atoms with E-state index in [2.05, 4.69) is 46.6 Å². The Labute approximate surface area is 107 Å². The summed E-state index contributed by atoms with van der Waals surface area (Å²) >= 11 is 0. The van der Waals surface area contributed by atoms with Crippen LogP contribution in [0.2, 0.25) is 0 Å². The third-order valence-electron chi connectivity index (χ3n) is 3.01. The number of hydrogen-bond acceptors (Lipinski definition) is 4. The molecule has 0 amide bonds. The molecule has 0 saturated heterocycles. The molecule has 18 heavy (non-hydrogen) atoms.